The fourth-order valence-corrected chi connectivity index (χ4v) is 3.21. The summed E-state index contributed by atoms with van der Waals surface area (Å²) in [6.07, 6.45) is 2.86. The summed E-state index contributed by atoms with van der Waals surface area (Å²) in [4.78, 5) is 0.325. The van der Waals surface area contributed by atoms with Crippen molar-refractivity contribution in [3.63, 3.8) is 0 Å². The molecule has 1 rings (SSSR count). The SMILES string of the molecule is CCCNS(=O)(=O)c1ccccc1NC(C)CCC. The van der Waals surface area contributed by atoms with E-state index in [1.807, 2.05) is 19.1 Å². The van der Waals surface area contributed by atoms with Crippen LogP contribution in [-0.2, 0) is 10.0 Å². The number of hydrogen-bond donors (Lipinski definition) is 2. The molecule has 0 radical (unpaired) electrons. The van der Waals surface area contributed by atoms with Gasteiger partial charge in [-0.05, 0) is 31.9 Å². The van der Waals surface area contributed by atoms with E-state index in [2.05, 4.69) is 23.9 Å². The minimum atomic E-state index is -3.43. The van der Waals surface area contributed by atoms with Gasteiger partial charge in [0.1, 0.15) is 4.90 Å². The molecule has 0 aromatic heterocycles. The van der Waals surface area contributed by atoms with Crippen LogP contribution in [0.2, 0.25) is 0 Å². The maximum absolute atomic E-state index is 12.2. The third kappa shape index (κ3) is 4.84. The van der Waals surface area contributed by atoms with E-state index in [4.69, 9.17) is 0 Å². The summed E-state index contributed by atoms with van der Waals surface area (Å²) in [6.45, 7) is 6.58. The first-order valence-corrected chi connectivity index (χ1v) is 8.34. The Morgan fingerprint density at radius 2 is 1.84 bits per heavy atom. The van der Waals surface area contributed by atoms with E-state index in [1.165, 1.54) is 0 Å². The Balaban J connectivity index is 2.95. The number of anilines is 1. The van der Waals surface area contributed by atoms with Gasteiger partial charge in [-0.1, -0.05) is 32.4 Å². The van der Waals surface area contributed by atoms with Crippen LogP contribution in [0.4, 0.5) is 5.69 Å². The van der Waals surface area contributed by atoms with Crippen LogP contribution < -0.4 is 10.0 Å². The van der Waals surface area contributed by atoms with Gasteiger partial charge in [-0.25, -0.2) is 13.1 Å². The summed E-state index contributed by atoms with van der Waals surface area (Å²) in [5.41, 5.74) is 0.673. The van der Waals surface area contributed by atoms with Gasteiger partial charge in [0.05, 0.1) is 5.69 Å². The van der Waals surface area contributed by atoms with Crippen LogP contribution in [0.15, 0.2) is 29.2 Å². The van der Waals surface area contributed by atoms with Crippen molar-refractivity contribution in [2.24, 2.45) is 0 Å². The van der Waals surface area contributed by atoms with Crippen molar-refractivity contribution in [1.82, 2.24) is 4.72 Å². The zero-order chi connectivity index (χ0) is 14.3. The lowest BCUT2D eigenvalue weighted by atomic mass is 10.2. The first-order valence-electron chi connectivity index (χ1n) is 6.86. The van der Waals surface area contributed by atoms with Gasteiger partial charge in [-0.3, -0.25) is 0 Å². The number of rotatable bonds is 8. The van der Waals surface area contributed by atoms with Crippen molar-refractivity contribution in [2.75, 3.05) is 11.9 Å². The van der Waals surface area contributed by atoms with Gasteiger partial charge in [0.2, 0.25) is 10.0 Å². The van der Waals surface area contributed by atoms with Crippen molar-refractivity contribution in [3.8, 4) is 0 Å². The highest BCUT2D eigenvalue weighted by Crippen LogP contribution is 2.22. The molecule has 5 heteroatoms. The quantitative estimate of drug-likeness (QED) is 0.771. The van der Waals surface area contributed by atoms with Gasteiger partial charge in [0.15, 0.2) is 0 Å². The van der Waals surface area contributed by atoms with Gasteiger partial charge in [0, 0.05) is 12.6 Å². The molecular formula is C14H24N2O2S. The summed E-state index contributed by atoms with van der Waals surface area (Å²) in [5, 5.41) is 3.27. The molecule has 0 spiro atoms. The van der Waals surface area contributed by atoms with Crippen molar-refractivity contribution in [2.45, 2.75) is 51.0 Å². The number of para-hydroxylation sites is 1. The number of nitrogens with one attached hydrogen (secondary N) is 2. The Kier molecular flexibility index (Phi) is 6.31. The van der Waals surface area contributed by atoms with Gasteiger partial charge in [-0.2, -0.15) is 0 Å². The van der Waals surface area contributed by atoms with E-state index in [9.17, 15) is 8.42 Å². The van der Waals surface area contributed by atoms with E-state index in [-0.39, 0.29) is 6.04 Å². The first-order chi connectivity index (χ1) is 9.01. The number of benzene rings is 1. The lowest BCUT2D eigenvalue weighted by molar-refractivity contribution is 0.580. The van der Waals surface area contributed by atoms with Crippen LogP contribution >= 0.6 is 0 Å². The van der Waals surface area contributed by atoms with E-state index < -0.39 is 10.0 Å². The Labute approximate surface area is 116 Å². The third-order valence-corrected chi connectivity index (χ3v) is 4.36. The minimum absolute atomic E-state index is 0.257. The van der Waals surface area contributed by atoms with Crippen LogP contribution in [0.5, 0.6) is 0 Å². The molecule has 4 nitrogen and oxygen atoms in total. The minimum Gasteiger partial charge on any atom is -0.381 e. The second-order valence-electron chi connectivity index (χ2n) is 4.73. The van der Waals surface area contributed by atoms with E-state index in [0.717, 1.165) is 19.3 Å². The normalized spacial score (nSPS) is 13.2. The molecule has 19 heavy (non-hydrogen) atoms. The monoisotopic (exact) mass is 284 g/mol. The Morgan fingerprint density at radius 1 is 1.16 bits per heavy atom. The molecule has 0 bridgehead atoms. The fourth-order valence-electron chi connectivity index (χ4n) is 1.91. The summed E-state index contributed by atoms with van der Waals surface area (Å²) >= 11 is 0. The summed E-state index contributed by atoms with van der Waals surface area (Å²) in [6, 6.07) is 7.30. The zero-order valence-electron chi connectivity index (χ0n) is 11.9. The molecule has 1 aromatic rings. The molecule has 0 saturated heterocycles. The van der Waals surface area contributed by atoms with Crippen molar-refractivity contribution < 1.29 is 8.42 Å². The zero-order valence-corrected chi connectivity index (χ0v) is 12.8. The van der Waals surface area contributed by atoms with E-state index >= 15 is 0 Å². The van der Waals surface area contributed by atoms with Crippen molar-refractivity contribution >= 4 is 15.7 Å². The maximum atomic E-state index is 12.2. The molecule has 0 aliphatic carbocycles. The van der Waals surface area contributed by atoms with Gasteiger partial charge in [-0.15, -0.1) is 0 Å². The first kappa shape index (κ1) is 16.0. The van der Waals surface area contributed by atoms with Crippen LogP contribution in [-0.4, -0.2) is 21.0 Å². The molecule has 2 N–H and O–H groups in total. The third-order valence-electron chi connectivity index (χ3n) is 2.84. The lowest BCUT2D eigenvalue weighted by Gasteiger charge is -2.17. The summed E-state index contributed by atoms with van der Waals surface area (Å²) < 4.78 is 27.0. The predicted octanol–water partition coefficient (Wildman–Crippen LogP) is 2.98. The molecule has 1 atom stereocenters. The van der Waals surface area contributed by atoms with Crippen molar-refractivity contribution in [1.29, 1.82) is 0 Å². The molecular weight excluding hydrogens is 260 g/mol. The second-order valence-corrected chi connectivity index (χ2v) is 6.46. The average molecular weight is 284 g/mol. The molecule has 1 aromatic carbocycles. The molecule has 108 valence electrons. The number of hydrogen-bond acceptors (Lipinski definition) is 3. The summed E-state index contributed by atoms with van der Waals surface area (Å²) in [5.74, 6) is 0. The molecule has 0 aliphatic rings. The molecule has 0 amide bonds. The Hall–Kier alpha value is -1.07. The average Bonchev–Trinajstić information content (AvgIpc) is 2.37. The smallest absolute Gasteiger partial charge is 0.242 e. The van der Waals surface area contributed by atoms with Crippen LogP contribution in [0.3, 0.4) is 0 Å². The lowest BCUT2D eigenvalue weighted by Crippen LogP contribution is -2.26. The topological polar surface area (TPSA) is 58.2 Å². The summed E-state index contributed by atoms with van der Waals surface area (Å²) in [7, 11) is -3.43. The highest BCUT2D eigenvalue weighted by Gasteiger charge is 2.18. The van der Waals surface area contributed by atoms with E-state index in [1.54, 1.807) is 12.1 Å². The van der Waals surface area contributed by atoms with Crippen LogP contribution in [0.1, 0.15) is 40.0 Å². The maximum Gasteiger partial charge on any atom is 0.242 e. The number of sulfonamides is 1. The molecule has 0 aliphatic heterocycles. The van der Waals surface area contributed by atoms with Crippen molar-refractivity contribution in [3.05, 3.63) is 24.3 Å². The van der Waals surface area contributed by atoms with E-state index in [0.29, 0.717) is 17.1 Å². The van der Waals surface area contributed by atoms with Gasteiger partial charge < -0.3 is 5.32 Å². The second kappa shape index (κ2) is 7.50. The Bertz CT molecular complexity index is 486. The largest absolute Gasteiger partial charge is 0.381 e. The molecule has 0 heterocycles. The molecule has 1 unspecified atom stereocenters. The van der Waals surface area contributed by atoms with Gasteiger partial charge >= 0.3 is 0 Å². The fraction of sp³-hybridized carbons (Fsp3) is 0.571. The molecule has 0 saturated carbocycles. The predicted molar refractivity (Wildman–Crippen MR) is 79.9 cm³/mol. The van der Waals surface area contributed by atoms with Crippen LogP contribution in [0, 0.1) is 0 Å². The molecule has 0 fully saturated rings. The van der Waals surface area contributed by atoms with Crippen LogP contribution in [0.25, 0.3) is 0 Å². The standard InChI is InChI=1S/C14H24N2O2S/c1-4-8-12(3)16-13-9-6-7-10-14(13)19(17,18)15-11-5-2/h6-7,9-10,12,15-16H,4-5,8,11H2,1-3H3. The Morgan fingerprint density at radius 3 is 2.47 bits per heavy atom. The highest BCUT2D eigenvalue weighted by molar-refractivity contribution is 7.89. The van der Waals surface area contributed by atoms with Gasteiger partial charge in [0.25, 0.3) is 0 Å². The highest BCUT2D eigenvalue weighted by atomic mass is 32.2.